The molecule has 2 aromatic heterocycles. The highest BCUT2D eigenvalue weighted by molar-refractivity contribution is 6.36. The van der Waals surface area contributed by atoms with Gasteiger partial charge < -0.3 is 5.32 Å². The molecule has 0 spiro atoms. The Morgan fingerprint density at radius 3 is 2.77 bits per heavy atom. The van der Waals surface area contributed by atoms with Crippen molar-refractivity contribution in [2.75, 3.05) is 5.32 Å². The average Bonchev–Trinajstić information content (AvgIpc) is 3.22. The molecule has 0 bridgehead atoms. The molecular weight excluding hydrogens is 447 g/mol. The van der Waals surface area contributed by atoms with Crippen molar-refractivity contribution < 1.29 is 4.92 Å². The van der Waals surface area contributed by atoms with Gasteiger partial charge in [0.15, 0.2) is 0 Å². The van der Waals surface area contributed by atoms with E-state index in [4.69, 9.17) is 23.2 Å². The number of halogens is 2. The number of non-ortho nitro benzene ring substituents is 1. The van der Waals surface area contributed by atoms with E-state index < -0.39 is 16.5 Å². The number of aromatic nitrogens is 6. The van der Waals surface area contributed by atoms with Crippen molar-refractivity contribution >= 4 is 40.5 Å². The summed E-state index contributed by atoms with van der Waals surface area (Å²) in [4.78, 5) is 23.5. The number of fused-ring (bicyclic) bond motifs is 2. The Morgan fingerprint density at radius 2 is 2.00 bits per heavy atom. The molecule has 0 aliphatic carbocycles. The second-order valence-electron chi connectivity index (χ2n) is 6.64. The third-order valence-corrected chi connectivity index (χ3v) is 5.40. The Hall–Kier alpha value is -3.83. The lowest BCUT2D eigenvalue weighted by molar-refractivity contribution is -0.384. The molecule has 11 nitrogen and oxygen atoms in total. The number of rotatable bonds is 3. The third-order valence-electron chi connectivity index (χ3n) is 4.85. The maximum absolute atomic E-state index is 12.6. The fourth-order valence-corrected chi connectivity index (χ4v) is 4.04. The molecule has 5 rings (SSSR count). The van der Waals surface area contributed by atoms with E-state index in [1.807, 2.05) is 0 Å². The molecule has 2 aromatic carbocycles. The highest BCUT2D eigenvalue weighted by Gasteiger charge is 2.35. The second kappa shape index (κ2) is 7.15. The molecule has 1 atom stereocenters. The fraction of sp³-hybridized carbons (Fsp3) is 0.0556. The van der Waals surface area contributed by atoms with Crippen molar-refractivity contribution in [1.29, 1.82) is 0 Å². The summed E-state index contributed by atoms with van der Waals surface area (Å²) in [6.07, 6.45) is 0. The Morgan fingerprint density at radius 1 is 1.16 bits per heavy atom. The Bertz CT molecular complexity index is 1420. The number of hydrogen-bond donors (Lipinski definition) is 2. The van der Waals surface area contributed by atoms with Crippen LogP contribution in [0.4, 0.5) is 17.3 Å². The highest BCUT2D eigenvalue weighted by atomic mass is 35.5. The van der Waals surface area contributed by atoms with Crippen LogP contribution in [0.1, 0.15) is 17.2 Å². The first-order chi connectivity index (χ1) is 14.9. The lowest BCUT2D eigenvalue weighted by Gasteiger charge is -2.27. The first-order valence-corrected chi connectivity index (χ1v) is 9.57. The topological polar surface area (TPSA) is 145 Å². The predicted molar refractivity (Wildman–Crippen MR) is 112 cm³/mol. The van der Waals surface area contributed by atoms with Gasteiger partial charge in [0.25, 0.3) is 11.2 Å². The van der Waals surface area contributed by atoms with Crippen molar-refractivity contribution in [2.45, 2.75) is 6.04 Å². The zero-order valence-corrected chi connectivity index (χ0v) is 16.8. The Balaban J connectivity index is 1.83. The van der Waals surface area contributed by atoms with Gasteiger partial charge in [0, 0.05) is 28.3 Å². The van der Waals surface area contributed by atoms with Crippen LogP contribution >= 0.6 is 23.2 Å². The van der Waals surface area contributed by atoms with Crippen LogP contribution in [0.2, 0.25) is 10.0 Å². The molecule has 0 radical (unpaired) electrons. The van der Waals surface area contributed by atoms with Crippen molar-refractivity contribution in [1.82, 2.24) is 30.4 Å². The number of nitro groups is 1. The predicted octanol–water partition coefficient (Wildman–Crippen LogP) is 3.33. The molecule has 2 N–H and O–H groups in total. The lowest BCUT2D eigenvalue weighted by atomic mass is 9.92. The number of tetrazole rings is 1. The van der Waals surface area contributed by atoms with E-state index in [0.29, 0.717) is 32.4 Å². The van der Waals surface area contributed by atoms with E-state index in [2.05, 4.69) is 31.0 Å². The van der Waals surface area contributed by atoms with E-state index in [9.17, 15) is 14.9 Å². The number of benzene rings is 2. The van der Waals surface area contributed by atoms with Gasteiger partial charge in [0.05, 0.1) is 9.95 Å². The first-order valence-electron chi connectivity index (χ1n) is 8.81. The molecule has 3 heterocycles. The largest absolute Gasteiger partial charge is 0.318 e. The monoisotopic (exact) mass is 456 g/mol. The van der Waals surface area contributed by atoms with Gasteiger partial charge in [-0.25, -0.2) is 5.10 Å². The third kappa shape index (κ3) is 3.10. The zero-order valence-electron chi connectivity index (χ0n) is 15.3. The number of nitrogens with one attached hydrogen (secondary N) is 2. The molecule has 31 heavy (non-hydrogen) atoms. The summed E-state index contributed by atoms with van der Waals surface area (Å²) < 4.78 is 1.43. The maximum atomic E-state index is 12.6. The molecule has 154 valence electrons. The summed E-state index contributed by atoms with van der Waals surface area (Å²) in [5.41, 5.74) is 1.30. The zero-order chi connectivity index (χ0) is 21.7. The molecule has 4 aromatic rings. The number of nitro benzene ring substituents is 1. The summed E-state index contributed by atoms with van der Waals surface area (Å²) >= 11 is 12.4. The Labute approximate surface area is 182 Å². The van der Waals surface area contributed by atoms with Gasteiger partial charge in [-0.15, -0.1) is 0 Å². The quantitative estimate of drug-likeness (QED) is 0.310. The molecule has 1 aliphatic heterocycles. The first kappa shape index (κ1) is 19.2. The van der Waals surface area contributed by atoms with E-state index in [1.165, 1.54) is 16.8 Å². The normalized spacial score (nSPS) is 14.5. The highest BCUT2D eigenvalue weighted by Crippen LogP contribution is 2.43. The SMILES string of the molecule is O=c1[nH]nc(-c2ccc(Cl)cc2Cl)c2c1Nc1nnnn1[C@@H]2c1cccc([N+](=O)[O-])c1. The van der Waals surface area contributed by atoms with Crippen molar-refractivity contribution in [3.05, 3.63) is 84.1 Å². The number of anilines is 2. The molecule has 0 amide bonds. The molecule has 0 saturated carbocycles. The van der Waals surface area contributed by atoms with Crippen molar-refractivity contribution in [3.8, 4) is 11.3 Å². The number of H-pyrrole nitrogens is 1. The average molecular weight is 457 g/mol. The van der Waals surface area contributed by atoms with Gasteiger partial charge in [-0.05, 0) is 34.2 Å². The van der Waals surface area contributed by atoms with E-state index in [1.54, 1.807) is 30.3 Å². The van der Waals surface area contributed by atoms with Crippen LogP contribution in [0.15, 0.2) is 47.3 Å². The van der Waals surface area contributed by atoms with Crippen LogP contribution in [-0.2, 0) is 0 Å². The van der Waals surface area contributed by atoms with Gasteiger partial charge >= 0.3 is 0 Å². The Kier molecular flexibility index (Phi) is 4.41. The van der Waals surface area contributed by atoms with Crippen LogP contribution < -0.4 is 10.9 Å². The van der Waals surface area contributed by atoms with Crippen LogP contribution in [0, 0.1) is 10.1 Å². The van der Waals surface area contributed by atoms with Crippen LogP contribution in [0.3, 0.4) is 0 Å². The summed E-state index contributed by atoms with van der Waals surface area (Å²) in [5, 5.41) is 33.3. The van der Waals surface area contributed by atoms with Crippen molar-refractivity contribution in [3.63, 3.8) is 0 Å². The van der Waals surface area contributed by atoms with E-state index in [0.717, 1.165) is 0 Å². The standard InChI is InChI=1S/C18H10Cl2N8O3/c19-9-4-5-11(12(20)7-9)14-13-15(17(29)23-22-14)21-18-24-25-26-27(18)16(13)8-2-1-3-10(6-8)28(30)31/h1-7,16H,(H,23,29)(H,21,24,26)/t16-/m1/s1. The van der Waals surface area contributed by atoms with Gasteiger partial charge in [-0.3, -0.25) is 14.9 Å². The minimum Gasteiger partial charge on any atom is -0.318 e. The minimum absolute atomic E-state index is 0.115. The summed E-state index contributed by atoms with van der Waals surface area (Å²) in [6.45, 7) is 0. The number of hydrogen-bond acceptors (Lipinski definition) is 8. The molecule has 0 fully saturated rings. The molecule has 0 unspecified atom stereocenters. The minimum atomic E-state index is -0.780. The van der Waals surface area contributed by atoms with Gasteiger partial charge in [-0.1, -0.05) is 40.4 Å². The van der Waals surface area contributed by atoms with Crippen molar-refractivity contribution in [2.24, 2.45) is 0 Å². The lowest BCUT2D eigenvalue weighted by Crippen LogP contribution is -2.29. The molecule has 13 heteroatoms. The van der Waals surface area contributed by atoms with Crippen LogP contribution in [0.5, 0.6) is 0 Å². The number of nitrogens with zero attached hydrogens (tertiary/aromatic N) is 6. The second-order valence-corrected chi connectivity index (χ2v) is 7.48. The molecule has 0 saturated heterocycles. The van der Waals surface area contributed by atoms with Gasteiger partial charge in [-0.2, -0.15) is 9.78 Å². The molecular formula is C18H10Cl2N8O3. The van der Waals surface area contributed by atoms with Crippen LogP contribution in [-0.4, -0.2) is 35.3 Å². The summed E-state index contributed by atoms with van der Waals surface area (Å²) in [6, 6.07) is 10.1. The summed E-state index contributed by atoms with van der Waals surface area (Å²) in [7, 11) is 0. The van der Waals surface area contributed by atoms with Crippen LogP contribution in [0.25, 0.3) is 11.3 Å². The number of aromatic amines is 1. The fourth-order valence-electron chi connectivity index (χ4n) is 3.54. The van der Waals surface area contributed by atoms with Gasteiger partial charge in [0.2, 0.25) is 5.95 Å². The summed E-state index contributed by atoms with van der Waals surface area (Å²) in [5.74, 6) is 0.203. The van der Waals surface area contributed by atoms with E-state index >= 15 is 0 Å². The smallest absolute Gasteiger partial charge is 0.288 e. The van der Waals surface area contributed by atoms with Gasteiger partial charge in [0.1, 0.15) is 17.4 Å². The molecule has 1 aliphatic rings. The van der Waals surface area contributed by atoms with E-state index in [-0.39, 0.29) is 17.3 Å². The maximum Gasteiger partial charge on any atom is 0.288 e.